The summed E-state index contributed by atoms with van der Waals surface area (Å²) in [5.41, 5.74) is 0. The predicted octanol–water partition coefficient (Wildman–Crippen LogP) is 11.0. The van der Waals surface area contributed by atoms with Gasteiger partial charge in [0.05, 0.1) is 6.61 Å². The van der Waals surface area contributed by atoms with E-state index in [1.807, 2.05) is 0 Å². The molecule has 0 atom stereocenters. The fourth-order valence-electron chi connectivity index (χ4n) is 4.23. The van der Waals surface area contributed by atoms with Gasteiger partial charge in [-0.1, -0.05) is 128 Å². The topological polar surface area (TPSA) is 26.3 Å². The van der Waals surface area contributed by atoms with Gasteiger partial charge in [0.15, 0.2) is 0 Å². The van der Waals surface area contributed by atoms with Crippen LogP contribution in [0.2, 0.25) is 0 Å². The number of rotatable bonds is 27. The summed E-state index contributed by atoms with van der Waals surface area (Å²) in [6, 6.07) is 0. The Morgan fingerprint density at radius 1 is 0.471 bits per heavy atom. The first kappa shape index (κ1) is 33.0. The molecular formula is C32H60O2. The van der Waals surface area contributed by atoms with Crippen LogP contribution in [0.25, 0.3) is 0 Å². The molecule has 2 nitrogen and oxygen atoms in total. The Morgan fingerprint density at radius 2 is 0.853 bits per heavy atom. The third-order valence-electron chi connectivity index (χ3n) is 6.56. The van der Waals surface area contributed by atoms with Crippen LogP contribution in [-0.4, -0.2) is 12.6 Å². The van der Waals surface area contributed by atoms with Crippen LogP contribution in [-0.2, 0) is 9.53 Å². The Kier molecular flexibility index (Phi) is 29.1. The molecule has 200 valence electrons. The van der Waals surface area contributed by atoms with E-state index in [2.05, 4.69) is 38.2 Å². The highest BCUT2D eigenvalue weighted by Gasteiger charge is 2.02. The molecule has 34 heavy (non-hydrogen) atoms. The van der Waals surface area contributed by atoms with Crippen molar-refractivity contribution in [2.45, 2.75) is 168 Å². The van der Waals surface area contributed by atoms with Gasteiger partial charge in [-0.25, -0.2) is 0 Å². The number of hydrogen-bond donors (Lipinski definition) is 0. The van der Waals surface area contributed by atoms with Crippen molar-refractivity contribution in [2.24, 2.45) is 0 Å². The summed E-state index contributed by atoms with van der Waals surface area (Å²) in [6.07, 6.45) is 39.3. The molecule has 0 saturated carbocycles. The molecule has 0 amide bonds. The quantitative estimate of drug-likeness (QED) is 0.0669. The Bertz CT molecular complexity index is 452. The van der Waals surface area contributed by atoms with Gasteiger partial charge in [0.2, 0.25) is 0 Å². The normalized spacial score (nSPS) is 11.7. The van der Waals surface area contributed by atoms with E-state index in [9.17, 15) is 4.79 Å². The minimum Gasteiger partial charge on any atom is -0.466 e. The van der Waals surface area contributed by atoms with Crippen LogP contribution in [0.1, 0.15) is 168 Å². The molecule has 0 bridgehead atoms. The number of carbonyl (C=O) groups is 1. The van der Waals surface area contributed by atoms with Crippen molar-refractivity contribution in [3.05, 3.63) is 24.3 Å². The van der Waals surface area contributed by atoms with Gasteiger partial charge in [0.1, 0.15) is 0 Å². The monoisotopic (exact) mass is 476 g/mol. The van der Waals surface area contributed by atoms with Gasteiger partial charge in [0, 0.05) is 6.42 Å². The highest BCUT2D eigenvalue weighted by molar-refractivity contribution is 5.69. The van der Waals surface area contributed by atoms with Gasteiger partial charge in [-0.2, -0.15) is 0 Å². The van der Waals surface area contributed by atoms with E-state index in [1.54, 1.807) is 0 Å². The highest BCUT2D eigenvalue weighted by Crippen LogP contribution is 2.11. The Hall–Kier alpha value is -1.05. The minimum absolute atomic E-state index is 0.00693. The zero-order chi connectivity index (χ0) is 24.8. The van der Waals surface area contributed by atoms with E-state index in [4.69, 9.17) is 4.74 Å². The number of hydrogen-bond acceptors (Lipinski definition) is 2. The second kappa shape index (κ2) is 30.0. The molecule has 0 aromatic carbocycles. The van der Waals surface area contributed by atoms with Crippen LogP contribution in [0, 0.1) is 0 Å². The van der Waals surface area contributed by atoms with Crippen molar-refractivity contribution >= 4 is 5.97 Å². The van der Waals surface area contributed by atoms with Gasteiger partial charge in [-0.3, -0.25) is 4.79 Å². The molecule has 0 spiro atoms. The average Bonchev–Trinajstić information content (AvgIpc) is 2.84. The number of ether oxygens (including phenoxy) is 1. The van der Waals surface area contributed by atoms with Crippen LogP contribution < -0.4 is 0 Å². The number of carbonyl (C=O) groups excluding carboxylic acids is 1. The summed E-state index contributed by atoms with van der Waals surface area (Å²) in [5, 5.41) is 0. The molecule has 0 fully saturated rings. The summed E-state index contributed by atoms with van der Waals surface area (Å²) in [5.74, 6) is 0.00693. The van der Waals surface area contributed by atoms with E-state index in [-0.39, 0.29) is 5.97 Å². The molecule has 0 N–H and O–H groups in total. The van der Waals surface area contributed by atoms with E-state index in [0.717, 1.165) is 19.3 Å². The lowest BCUT2D eigenvalue weighted by Gasteiger charge is -2.05. The summed E-state index contributed by atoms with van der Waals surface area (Å²) in [7, 11) is 0. The zero-order valence-corrected chi connectivity index (χ0v) is 23.3. The summed E-state index contributed by atoms with van der Waals surface area (Å²) in [6.45, 7) is 5.13. The molecule has 0 aliphatic heterocycles. The van der Waals surface area contributed by atoms with Gasteiger partial charge >= 0.3 is 5.97 Å². The zero-order valence-electron chi connectivity index (χ0n) is 23.3. The molecule has 0 rings (SSSR count). The number of allylic oxidation sites excluding steroid dienone is 4. The number of esters is 1. The maximum atomic E-state index is 11.8. The molecule has 0 heterocycles. The molecule has 0 aliphatic carbocycles. The van der Waals surface area contributed by atoms with Crippen molar-refractivity contribution in [1.29, 1.82) is 0 Å². The largest absolute Gasteiger partial charge is 0.466 e. The SMILES string of the molecule is CCCC/C=C/CCCCCCCCOC(=O)CCCCCCC/C=C/CCCCCCCC. The lowest BCUT2D eigenvalue weighted by Crippen LogP contribution is -2.05. The predicted molar refractivity (Wildman–Crippen MR) is 151 cm³/mol. The third-order valence-corrected chi connectivity index (χ3v) is 6.56. The smallest absolute Gasteiger partial charge is 0.305 e. The molecule has 0 aromatic heterocycles. The van der Waals surface area contributed by atoms with Crippen LogP contribution in [0.15, 0.2) is 24.3 Å². The Morgan fingerprint density at radius 3 is 1.35 bits per heavy atom. The lowest BCUT2D eigenvalue weighted by molar-refractivity contribution is -0.143. The fourth-order valence-corrected chi connectivity index (χ4v) is 4.23. The number of unbranched alkanes of at least 4 members (excludes halogenated alkanes) is 19. The van der Waals surface area contributed by atoms with Gasteiger partial charge in [-0.15, -0.1) is 0 Å². The fraction of sp³-hybridized carbons (Fsp3) is 0.844. The first-order chi connectivity index (χ1) is 16.8. The van der Waals surface area contributed by atoms with Crippen LogP contribution in [0.3, 0.4) is 0 Å². The van der Waals surface area contributed by atoms with Gasteiger partial charge in [0.25, 0.3) is 0 Å². The molecular weight excluding hydrogens is 416 g/mol. The minimum atomic E-state index is 0.00693. The second-order valence-electron chi connectivity index (χ2n) is 10.1. The van der Waals surface area contributed by atoms with E-state index in [0.29, 0.717) is 13.0 Å². The molecule has 0 aliphatic rings. The summed E-state index contributed by atoms with van der Waals surface area (Å²) >= 11 is 0. The maximum Gasteiger partial charge on any atom is 0.305 e. The summed E-state index contributed by atoms with van der Waals surface area (Å²) < 4.78 is 5.40. The molecule has 0 unspecified atom stereocenters. The van der Waals surface area contributed by atoms with Crippen molar-refractivity contribution < 1.29 is 9.53 Å². The van der Waals surface area contributed by atoms with E-state index >= 15 is 0 Å². The van der Waals surface area contributed by atoms with Crippen molar-refractivity contribution in [3.8, 4) is 0 Å². The van der Waals surface area contributed by atoms with E-state index < -0.39 is 0 Å². The van der Waals surface area contributed by atoms with E-state index in [1.165, 1.54) is 128 Å². The van der Waals surface area contributed by atoms with Gasteiger partial charge < -0.3 is 4.74 Å². The lowest BCUT2D eigenvalue weighted by atomic mass is 10.1. The standard InChI is InChI=1S/C32H60O2/c1-3-5-7-9-11-13-15-17-18-19-20-22-24-26-28-30-32(33)34-31-29-27-25-23-21-16-14-12-10-8-6-4-2/h10,12,17-18H,3-9,11,13-16,19-31H2,1-2H3/b12-10+,18-17+. The van der Waals surface area contributed by atoms with Crippen molar-refractivity contribution in [2.75, 3.05) is 6.61 Å². The summed E-state index contributed by atoms with van der Waals surface area (Å²) in [4.78, 5) is 11.8. The molecule has 2 heteroatoms. The Balaban J connectivity index is 3.23. The van der Waals surface area contributed by atoms with Crippen LogP contribution in [0.4, 0.5) is 0 Å². The van der Waals surface area contributed by atoms with Crippen molar-refractivity contribution in [1.82, 2.24) is 0 Å². The molecule has 0 aromatic rings. The van der Waals surface area contributed by atoms with Crippen LogP contribution >= 0.6 is 0 Å². The van der Waals surface area contributed by atoms with Crippen molar-refractivity contribution in [3.63, 3.8) is 0 Å². The first-order valence-corrected chi connectivity index (χ1v) is 15.3. The van der Waals surface area contributed by atoms with Gasteiger partial charge in [-0.05, 0) is 57.8 Å². The third kappa shape index (κ3) is 29.0. The van der Waals surface area contributed by atoms with Crippen LogP contribution in [0.5, 0.6) is 0 Å². The first-order valence-electron chi connectivity index (χ1n) is 15.3. The molecule has 0 saturated heterocycles. The maximum absolute atomic E-state index is 11.8. The second-order valence-corrected chi connectivity index (χ2v) is 10.1. The highest BCUT2D eigenvalue weighted by atomic mass is 16.5. The Labute approximate surface area is 214 Å². The molecule has 0 radical (unpaired) electrons. The average molecular weight is 477 g/mol.